The molecule has 16 heavy (non-hydrogen) atoms. The summed E-state index contributed by atoms with van der Waals surface area (Å²) in [6.45, 7) is 5.79. The van der Waals surface area contributed by atoms with Gasteiger partial charge in [0.25, 0.3) is 11.6 Å². The maximum Gasteiger partial charge on any atom is 0.270 e. The number of non-ortho nitro benzene ring substituents is 1. The van der Waals surface area contributed by atoms with Crippen molar-refractivity contribution in [1.29, 1.82) is 0 Å². The molecule has 0 radical (unpaired) electrons. The lowest BCUT2D eigenvalue weighted by molar-refractivity contribution is -0.384. The second-order valence-electron chi connectivity index (χ2n) is 3.45. The highest BCUT2D eigenvalue weighted by molar-refractivity contribution is 5.94. The monoisotopic (exact) mass is 220 g/mol. The number of benzene rings is 1. The molecule has 5 heteroatoms. The molecule has 1 N–H and O–H groups in total. The molecule has 0 aliphatic carbocycles. The van der Waals surface area contributed by atoms with Gasteiger partial charge < -0.3 is 5.32 Å². The number of carbonyl (C=O) groups is 1. The summed E-state index contributed by atoms with van der Waals surface area (Å²) in [6.07, 6.45) is 0. The summed E-state index contributed by atoms with van der Waals surface area (Å²) in [5, 5.41) is 13.1. The maximum absolute atomic E-state index is 11.5. The minimum absolute atomic E-state index is 0.0945. The molecule has 5 nitrogen and oxygen atoms in total. The zero-order chi connectivity index (χ0) is 12.1. The van der Waals surface area contributed by atoms with E-state index < -0.39 is 4.92 Å². The van der Waals surface area contributed by atoms with Crippen molar-refractivity contribution >= 4 is 11.6 Å². The first-order chi connectivity index (χ1) is 7.50. The van der Waals surface area contributed by atoms with Crippen LogP contribution in [0.25, 0.3) is 0 Å². The highest BCUT2D eigenvalue weighted by Crippen LogP contribution is 2.12. The van der Waals surface area contributed by atoms with Crippen LogP contribution in [-0.2, 0) is 0 Å². The molecule has 0 spiro atoms. The van der Waals surface area contributed by atoms with Gasteiger partial charge in [0.15, 0.2) is 0 Å². The Morgan fingerprint density at radius 1 is 1.56 bits per heavy atom. The summed E-state index contributed by atoms with van der Waals surface area (Å²) in [5.41, 5.74) is 0.997. The van der Waals surface area contributed by atoms with Crippen LogP contribution in [0.2, 0.25) is 0 Å². The molecular weight excluding hydrogens is 208 g/mol. The van der Waals surface area contributed by atoms with E-state index in [1.54, 1.807) is 6.92 Å². The third-order valence-electron chi connectivity index (χ3n) is 1.87. The first kappa shape index (κ1) is 11.9. The SMILES string of the molecule is C=C(C)CNC(=O)c1cccc([N+](=O)[O-])c1. The Morgan fingerprint density at radius 3 is 2.81 bits per heavy atom. The normalized spacial score (nSPS) is 9.56. The minimum Gasteiger partial charge on any atom is -0.348 e. The van der Waals surface area contributed by atoms with Crippen LogP contribution in [0, 0.1) is 10.1 Å². The van der Waals surface area contributed by atoms with Crippen LogP contribution in [-0.4, -0.2) is 17.4 Å². The molecule has 0 aliphatic heterocycles. The zero-order valence-electron chi connectivity index (χ0n) is 8.90. The quantitative estimate of drug-likeness (QED) is 0.478. The molecule has 1 aromatic rings. The number of hydrogen-bond acceptors (Lipinski definition) is 3. The van der Waals surface area contributed by atoms with Gasteiger partial charge >= 0.3 is 0 Å². The highest BCUT2D eigenvalue weighted by Gasteiger charge is 2.10. The molecule has 1 rings (SSSR count). The van der Waals surface area contributed by atoms with Gasteiger partial charge in [0.05, 0.1) is 4.92 Å². The number of nitro benzene ring substituents is 1. The van der Waals surface area contributed by atoms with E-state index in [2.05, 4.69) is 11.9 Å². The Hall–Kier alpha value is -2.17. The lowest BCUT2D eigenvalue weighted by Gasteiger charge is -2.04. The third kappa shape index (κ3) is 3.20. The summed E-state index contributed by atoms with van der Waals surface area (Å²) in [4.78, 5) is 21.5. The third-order valence-corrected chi connectivity index (χ3v) is 1.87. The predicted molar refractivity (Wildman–Crippen MR) is 60.2 cm³/mol. The summed E-state index contributed by atoms with van der Waals surface area (Å²) in [5.74, 6) is -0.341. The molecule has 0 saturated carbocycles. The van der Waals surface area contributed by atoms with E-state index in [1.165, 1.54) is 24.3 Å². The van der Waals surface area contributed by atoms with Crippen LogP contribution in [0.15, 0.2) is 36.4 Å². The van der Waals surface area contributed by atoms with Gasteiger partial charge in [0.2, 0.25) is 0 Å². The van der Waals surface area contributed by atoms with Crippen LogP contribution in [0.5, 0.6) is 0 Å². The molecule has 0 saturated heterocycles. The average Bonchev–Trinajstić information content (AvgIpc) is 2.26. The van der Waals surface area contributed by atoms with Crippen LogP contribution < -0.4 is 5.32 Å². The topological polar surface area (TPSA) is 72.2 Å². The number of carbonyl (C=O) groups excluding carboxylic acids is 1. The Morgan fingerprint density at radius 2 is 2.25 bits per heavy atom. The molecular formula is C11H12N2O3. The van der Waals surface area contributed by atoms with Gasteiger partial charge in [0.1, 0.15) is 0 Å². The number of nitro groups is 1. The van der Waals surface area contributed by atoms with Crippen molar-refractivity contribution in [3.63, 3.8) is 0 Å². The molecule has 0 fully saturated rings. The van der Waals surface area contributed by atoms with Crippen LogP contribution in [0.3, 0.4) is 0 Å². The Balaban J connectivity index is 2.79. The van der Waals surface area contributed by atoms with Crippen molar-refractivity contribution in [3.05, 3.63) is 52.1 Å². The zero-order valence-corrected chi connectivity index (χ0v) is 8.90. The van der Waals surface area contributed by atoms with Crippen molar-refractivity contribution in [2.75, 3.05) is 6.54 Å². The molecule has 0 aromatic heterocycles. The summed E-state index contributed by atoms with van der Waals surface area (Å²) < 4.78 is 0. The molecule has 0 heterocycles. The lowest BCUT2D eigenvalue weighted by Crippen LogP contribution is -2.24. The first-order valence-corrected chi connectivity index (χ1v) is 4.67. The van der Waals surface area contributed by atoms with E-state index in [9.17, 15) is 14.9 Å². The van der Waals surface area contributed by atoms with Crippen LogP contribution in [0.4, 0.5) is 5.69 Å². The minimum atomic E-state index is -0.532. The van der Waals surface area contributed by atoms with E-state index in [-0.39, 0.29) is 17.2 Å². The Bertz CT molecular complexity index is 441. The van der Waals surface area contributed by atoms with Crippen molar-refractivity contribution in [2.45, 2.75) is 6.92 Å². The maximum atomic E-state index is 11.5. The van der Waals surface area contributed by atoms with Gasteiger partial charge in [-0.2, -0.15) is 0 Å². The lowest BCUT2D eigenvalue weighted by atomic mass is 10.2. The number of hydrogen-bond donors (Lipinski definition) is 1. The molecule has 1 aromatic carbocycles. The number of nitrogens with one attached hydrogen (secondary N) is 1. The van der Waals surface area contributed by atoms with Gasteiger partial charge in [-0.15, -0.1) is 0 Å². The van der Waals surface area contributed by atoms with Gasteiger partial charge in [0, 0.05) is 24.2 Å². The van der Waals surface area contributed by atoms with Gasteiger partial charge in [-0.1, -0.05) is 18.2 Å². The molecule has 0 atom stereocenters. The van der Waals surface area contributed by atoms with E-state index in [1.807, 2.05) is 0 Å². The highest BCUT2D eigenvalue weighted by atomic mass is 16.6. The average molecular weight is 220 g/mol. The Labute approximate surface area is 92.9 Å². The first-order valence-electron chi connectivity index (χ1n) is 4.67. The van der Waals surface area contributed by atoms with Crippen LogP contribution in [0.1, 0.15) is 17.3 Å². The summed E-state index contributed by atoms with van der Waals surface area (Å²) >= 11 is 0. The fourth-order valence-electron chi connectivity index (χ4n) is 1.09. The molecule has 0 bridgehead atoms. The van der Waals surface area contributed by atoms with Crippen molar-refractivity contribution in [1.82, 2.24) is 5.32 Å². The van der Waals surface area contributed by atoms with Crippen molar-refractivity contribution in [3.8, 4) is 0 Å². The number of amides is 1. The van der Waals surface area contributed by atoms with E-state index in [0.29, 0.717) is 6.54 Å². The molecule has 84 valence electrons. The van der Waals surface area contributed by atoms with Gasteiger partial charge in [-0.05, 0) is 13.0 Å². The van der Waals surface area contributed by atoms with Crippen molar-refractivity contribution < 1.29 is 9.72 Å². The Kier molecular flexibility index (Phi) is 3.77. The fraction of sp³-hybridized carbons (Fsp3) is 0.182. The second kappa shape index (κ2) is 5.06. The van der Waals surface area contributed by atoms with Gasteiger partial charge in [-0.25, -0.2) is 0 Å². The summed E-state index contributed by atoms with van der Waals surface area (Å²) in [6, 6.07) is 5.60. The van der Waals surface area contributed by atoms with E-state index in [4.69, 9.17) is 0 Å². The van der Waals surface area contributed by atoms with Crippen LogP contribution >= 0.6 is 0 Å². The number of rotatable bonds is 4. The van der Waals surface area contributed by atoms with E-state index in [0.717, 1.165) is 5.57 Å². The smallest absolute Gasteiger partial charge is 0.270 e. The predicted octanol–water partition coefficient (Wildman–Crippen LogP) is 1.90. The number of nitrogens with zero attached hydrogens (tertiary/aromatic N) is 1. The second-order valence-corrected chi connectivity index (χ2v) is 3.45. The van der Waals surface area contributed by atoms with Gasteiger partial charge in [-0.3, -0.25) is 14.9 Å². The van der Waals surface area contributed by atoms with E-state index >= 15 is 0 Å². The standard InChI is InChI=1S/C11H12N2O3/c1-8(2)7-12-11(14)9-4-3-5-10(6-9)13(15)16/h3-6H,1,7H2,2H3,(H,12,14). The largest absolute Gasteiger partial charge is 0.348 e. The molecule has 0 aliphatic rings. The summed E-state index contributed by atoms with van der Waals surface area (Å²) in [7, 11) is 0. The molecule has 1 amide bonds. The fourth-order valence-corrected chi connectivity index (χ4v) is 1.09. The van der Waals surface area contributed by atoms with Crippen molar-refractivity contribution in [2.24, 2.45) is 0 Å². The molecule has 0 unspecified atom stereocenters.